The van der Waals surface area contributed by atoms with E-state index in [0.717, 1.165) is 12.5 Å². The van der Waals surface area contributed by atoms with Crippen molar-refractivity contribution >= 4 is 5.69 Å². The largest absolute Gasteiger partial charge is 0.385 e. The van der Waals surface area contributed by atoms with Gasteiger partial charge in [0.2, 0.25) is 0 Å². The maximum atomic E-state index is 3.55. The van der Waals surface area contributed by atoms with Gasteiger partial charge in [0.1, 0.15) is 0 Å². The zero-order chi connectivity index (χ0) is 11.8. The van der Waals surface area contributed by atoms with Gasteiger partial charge in [-0.1, -0.05) is 45.2 Å². The average molecular weight is 219 g/mol. The van der Waals surface area contributed by atoms with E-state index in [9.17, 15) is 0 Å². The third-order valence-electron chi connectivity index (χ3n) is 3.16. The first-order valence-electron chi connectivity index (χ1n) is 6.56. The van der Waals surface area contributed by atoms with Crippen molar-refractivity contribution in [1.29, 1.82) is 0 Å². The lowest BCUT2D eigenvalue weighted by Gasteiger charge is -2.16. The van der Waals surface area contributed by atoms with E-state index in [-0.39, 0.29) is 0 Å². The Hall–Kier alpha value is -0.980. The van der Waals surface area contributed by atoms with Crippen LogP contribution in [0.1, 0.15) is 45.1 Å². The molecule has 1 atom stereocenters. The predicted octanol–water partition coefficient (Wildman–Crippen LogP) is 4.62. The van der Waals surface area contributed by atoms with Crippen molar-refractivity contribution in [3.05, 3.63) is 29.8 Å². The van der Waals surface area contributed by atoms with E-state index in [0.29, 0.717) is 0 Å². The molecule has 0 aliphatic heterocycles. The third-order valence-corrected chi connectivity index (χ3v) is 3.16. The fraction of sp³-hybridized carbons (Fsp3) is 0.600. The number of hydrogen-bond donors (Lipinski definition) is 1. The summed E-state index contributed by atoms with van der Waals surface area (Å²) in [5.41, 5.74) is 2.58. The summed E-state index contributed by atoms with van der Waals surface area (Å²) in [5.74, 6) is 0.820. The monoisotopic (exact) mass is 219 g/mol. The molecule has 0 aliphatic rings. The second-order valence-electron chi connectivity index (χ2n) is 4.67. The van der Waals surface area contributed by atoms with Gasteiger partial charge in [0, 0.05) is 12.2 Å². The van der Waals surface area contributed by atoms with Crippen LogP contribution >= 0.6 is 0 Å². The van der Waals surface area contributed by atoms with Gasteiger partial charge < -0.3 is 5.32 Å². The molecule has 0 radical (unpaired) electrons. The Morgan fingerprint density at radius 2 is 2.06 bits per heavy atom. The Morgan fingerprint density at radius 3 is 2.69 bits per heavy atom. The fourth-order valence-corrected chi connectivity index (χ4v) is 1.96. The highest BCUT2D eigenvalue weighted by Gasteiger charge is 2.05. The van der Waals surface area contributed by atoms with Gasteiger partial charge in [0.05, 0.1) is 0 Å². The molecule has 1 unspecified atom stereocenters. The Labute approximate surface area is 100 Å². The average Bonchev–Trinajstić information content (AvgIpc) is 2.29. The van der Waals surface area contributed by atoms with Crippen LogP contribution < -0.4 is 5.32 Å². The van der Waals surface area contributed by atoms with Crippen molar-refractivity contribution in [3.8, 4) is 0 Å². The van der Waals surface area contributed by atoms with E-state index in [1.165, 1.54) is 36.9 Å². The molecule has 0 bridgehead atoms. The van der Waals surface area contributed by atoms with Crippen LogP contribution in [-0.2, 0) is 0 Å². The lowest BCUT2D eigenvalue weighted by molar-refractivity contribution is 0.473. The molecular formula is C15H25N. The van der Waals surface area contributed by atoms with Crippen LogP contribution in [0.3, 0.4) is 0 Å². The third kappa shape index (κ3) is 4.69. The summed E-state index contributed by atoms with van der Waals surface area (Å²) >= 11 is 0. The lowest BCUT2D eigenvalue weighted by Crippen LogP contribution is -2.13. The van der Waals surface area contributed by atoms with Gasteiger partial charge in [-0.15, -0.1) is 0 Å². The Morgan fingerprint density at radius 1 is 1.25 bits per heavy atom. The molecule has 0 spiro atoms. The molecular weight excluding hydrogens is 194 g/mol. The van der Waals surface area contributed by atoms with Crippen LogP contribution in [0.5, 0.6) is 0 Å². The minimum Gasteiger partial charge on any atom is -0.385 e. The number of benzene rings is 1. The summed E-state index contributed by atoms with van der Waals surface area (Å²) in [6.07, 6.45) is 5.29. The summed E-state index contributed by atoms with van der Waals surface area (Å²) in [6.45, 7) is 7.80. The van der Waals surface area contributed by atoms with Crippen molar-refractivity contribution in [2.75, 3.05) is 11.9 Å². The van der Waals surface area contributed by atoms with Gasteiger partial charge in [0.25, 0.3) is 0 Å². The summed E-state index contributed by atoms with van der Waals surface area (Å²) < 4.78 is 0. The van der Waals surface area contributed by atoms with Crippen molar-refractivity contribution in [3.63, 3.8) is 0 Å². The summed E-state index contributed by atoms with van der Waals surface area (Å²) in [7, 11) is 0. The van der Waals surface area contributed by atoms with Gasteiger partial charge in [-0.3, -0.25) is 0 Å². The van der Waals surface area contributed by atoms with Crippen LogP contribution in [0, 0.1) is 12.8 Å². The topological polar surface area (TPSA) is 12.0 Å². The number of hydrogen-bond acceptors (Lipinski definition) is 1. The van der Waals surface area contributed by atoms with Crippen LogP contribution in [-0.4, -0.2) is 6.54 Å². The Balaban J connectivity index is 2.37. The van der Waals surface area contributed by atoms with E-state index in [2.05, 4.69) is 50.4 Å². The highest BCUT2D eigenvalue weighted by atomic mass is 14.9. The van der Waals surface area contributed by atoms with Gasteiger partial charge in [0.15, 0.2) is 0 Å². The molecule has 1 N–H and O–H groups in total. The van der Waals surface area contributed by atoms with Crippen molar-refractivity contribution in [2.24, 2.45) is 5.92 Å². The van der Waals surface area contributed by atoms with E-state index >= 15 is 0 Å². The molecule has 1 rings (SSSR count). The van der Waals surface area contributed by atoms with Crippen LogP contribution in [0.2, 0.25) is 0 Å². The number of unbranched alkanes of at least 4 members (excludes halogenated alkanes) is 1. The highest BCUT2D eigenvalue weighted by molar-refractivity contribution is 5.45. The molecule has 0 amide bonds. The van der Waals surface area contributed by atoms with E-state index in [1.54, 1.807) is 0 Å². The first-order chi connectivity index (χ1) is 7.76. The molecule has 1 aromatic rings. The van der Waals surface area contributed by atoms with Crippen LogP contribution in [0.25, 0.3) is 0 Å². The van der Waals surface area contributed by atoms with Crippen molar-refractivity contribution in [1.82, 2.24) is 0 Å². The second kappa shape index (κ2) is 7.32. The molecule has 0 heterocycles. The van der Waals surface area contributed by atoms with Crippen LogP contribution in [0.15, 0.2) is 24.3 Å². The normalized spacial score (nSPS) is 12.4. The molecule has 0 saturated heterocycles. The first kappa shape index (κ1) is 13.1. The van der Waals surface area contributed by atoms with Gasteiger partial charge in [-0.2, -0.15) is 0 Å². The van der Waals surface area contributed by atoms with Crippen LogP contribution in [0.4, 0.5) is 5.69 Å². The lowest BCUT2D eigenvalue weighted by atomic mass is 9.99. The molecule has 90 valence electrons. The zero-order valence-corrected chi connectivity index (χ0v) is 10.9. The maximum Gasteiger partial charge on any atom is 0.0342 e. The van der Waals surface area contributed by atoms with E-state index in [4.69, 9.17) is 0 Å². The molecule has 1 nitrogen and oxygen atoms in total. The molecule has 0 aliphatic carbocycles. The zero-order valence-electron chi connectivity index (χ0n) is 10.9. The quantitative estimate of drug-likeness (QED) is 0.705. The van der Waals surface area contributed by atoms with Crippen molar-refractivity contribution in [2.45, 2.75) is 46.5 Å². The maximum absolute atomic E-state index is 3.55. The Bertz CT molecular complexity index is 293. The first-order valence-corrected chi connectivity index (χ1v) is 6.56. The number of anilines is 1. The fourth-order valence-electron chi connectivity index (χ4n) is 1.96. The Kier molecular flexibility index (Phi) is 5.99. The van der Waals surface area contributed by atoms with Gasteiger partial charge in [-0.25, -0.2) is 0 Å². The molecule has 0 saturated carbocycles. The molecule has 1 aromatic carbocycles. The van der Waals surface area contributed by atoms with Crippen molar-refractivity contribution < 1.29 is 0 Å². The minimum atomic E-state index is 0.820. The summed E-state index contributed by atoms with van der Waals surface area (Å²) in [6, 6.07) is 8.62. The van der Waals surface area contributed by atoms with Gasteiger partial charge >= 0.3 is 0 Å². The predicted molar refractivity (Wildman–Crippen MR) is 73.0 cm³/mol. The molecule has 0 fully saturated rings. The van der Waals surface area contributed by atoms with E-state index in [1.807, 2.05) is 0 Å². The molecule has 0 aromatic heterocycles. The number of nitrogens with one attached hydrogen (secondary N) is 1. The smallest absolute Gasteiger partial charge is 0.0342 e. The second-order valence-corrected chi connectivity index (χ2v) is 4.67. The molecule has 16 heavy (non-hydrogen) atoms. The summed E-state index contributed by atoms with van der Waals surface area (Å²) in [5, 5.41) is 3.55. The summed E-state index contributed by atoms with van der Waals surface area (Å²) in [4.78, 5) is 0. The molecule has 1 heteroatoms. The number of rotatable bonds is 7. The highest BCUT2D eigenvalue weighted by Crippen LogP contribution is 2.15. The van der Waals surface area contributed by atoms with Gasteiger partial charge in [-0.05, 0) is 37.0 Å². The standard InChI is InChI=1S/C15H25N/c1-4-6-9-14(5-2)12-16-15-10-7-8-13(3)11-15/h7-8,10-11,14,16H,4-6,9,12H2,1-3H3. The minimum absolute atomic E-state index is 0.820. The SMILES string of the molecule is CCCCC(CC)CNc1cccc(C)c1. The van der Waals surface area contributed by atoms with E-state index < -0.39 is 0 Å². The number of aryl methyl sites for hydroxylation is 1.